The predicted octanol–water partition coefficient (Wildman–Crippen LogP) is 2.46. The molecule has 140 valence electrons. The number of nitrogens with one attached hydrogen (secondary N) is 1. The van der Waals surface area contributed by atoms with Gasteiger partial charge in [-0.3, -0.25) is 4.79 Å². The predicted molar refractivity (Wildman–Crippen MR) is 97.4 cm³/mol. The Morgan fingerprint density at radius 3 is 2.81 bits per heavy atom. The van der Waals surface area contributed by atoms with Crippen LogP contribution >= 0.6 is 0 Å². The zero-order chi connectivity index (χ0) is 19.0. The third-order valence-electron chi connectivity index (χ3n) is 4.46. The molecule has 0 saturated heterocycles. The first-order valence-electron chi connectivity index (χ1n) is 8.67. The van der Waals surface area contributed by atoms with E-state index >= 15 is 0 Å². The van der Waals surface area contributed by atoms with Gasteiger partial charge in [0, 0.05) is 7.05 Å². The molecule has 1 N–H and O–H groups in total. The van der Waals surface area contributed by atoms with Crippen molar-refractivity contribution in [2.75, 3.05) is 18.5 Å². The molecule has 1 aliphatic rings. The van der Waals surface area contributed by atoms with Gasteiger partial charge in [0.2, 0.25) is 5.89 Å². The molecule has 0 radical (unpaired) electrons. The molecular weight excluding hydrogens is 348 g/mol. The van der Waals surface area contributed by atoms with Crippen molar-refractivity contribution >= 4 is 11.6 Å². The van der Waals surface area contributed by atoms with E-state index in [-0.39, 0.29) is 5.91 Å². The maximum Gasteiger partial charge on any atom is 0.262 e. The van der Waals surface area contributed by atoms with E-state index < -0.39 is 6.10 Å². The van der Waals surface area contributed by atoms with Crippen molar-refractivity contribution in [3.8, 4) is 17.2 Å². The standard InChI is InChI=1S/C19H20N4O4/c1-11-8-13(12(2)25-11)19-22-21-17(27-19)10-23-9-16(18(24)20-3)26-15-7-5-4-6-14(15)23/h4-8,16H,9-10H2,1-3H3,(H,20,24)/t16-/m0/s1. The van der Waals surface area contributed by atoms with Crippen molar-refractivity contribution in [1.82, 2.24) is 15.5 Å². The average molecular weight is 368 g/mol. The molecule has 3 aromatic rings. The first-order valence-corrected chi connectivity index (χ1v) is 8.67. The number of hydrogen-bond donors (Lipinski definition) is 1. The molecule has 0 bridgehead atoms. The number of rotatable bonds is 4. The van der Waals surface area contributed by atoms with Crippen molar-refractivity contribution < 1.29 is 18.4 Å². The van der Waals surface area contributed by atoms with Gasteiger partial charge < -0.3 is 23.8 Å². The van der Waals surface area contributed by atoms with Crippen LogP contribution in [0.3, 0.4) is 0 Å². The summed E-state index contributed by atoms with van der Waals surface area (Å²) >= 11 is 0. The van der Waals surface area contributed by atoms with Crippen molar-refractivity contribution in [2.45, 2.75) is 26.5 Å². The zero-order valence-electron chi connectivity index (χ0n) is 15.4. The first-order chi connectivity index (χ1) is 13.0. The molecule has 0 spiro atoms. The highest BCUT2D eigenvalue weighted by Gasteiger charge is 2.31. The van der Waals surface area contributed by atoms with Gasteiger partial charge in [-0.2, -0.15) is 0 Å². The first kappa shape index (κ1) is 17.1. The van der Waals surface area contributed by atoms with Crippen LogP contribution < -0.4 is 15.0 Å². The molecule has 8 nitrogen and oxygen atoms in total. The monoisotopic (exact) mass is 368 g/mol. The summed E-state index contributed by atoms with van der Waals surface area (Å²) in [6.07, 6.45) is -0.606. The molecule has 4 rings (SSSR count). The Kier molecular flexibility index (Phi) is 4.31. The molecule has 1 aromatic carbocycles. The minimum Gasteiger partial charge on any atom is -0.477 e. The van der Waals surface area contributed by atoms with Crippen LogP contribution in [0.1, 0.15) is 17.4 Å². The number of ether oxygens (including phenoxy) is 1. The van der Waals surface area contributed by atoms with Crippen LogP contribution in [-0.4, -0.2) is 35.8 Å². The van der Waals surface area contributed by atoms with E-state index in [4.69, 9.17) is 13.6 Å². The maximum absolute atomic E-state index is 12.1. The molecule has 27 heavy (non-hydrogen) atoms. The largest absolute Gasteiger partial charge is 0.477 e. The van der Waals surface area contributed by atoms with Gasteiger partial charge in [0.15, 0.2) is 6.10 Å². The Bertz CT molecular complexity index is 978. The number of anilines is 1. The van der Waals surface area contributed by atoms with E-state index in [0.717, 1.165) is 22.8 Å². The lowest BCUT2D eigenvalue weighted by atomic mass is 10.2. The lowest BCUT2D eigenvalue weighted by molar-refractivity contribution is -0.127. The molecule has 0 saturated carbocycles. The molecule has 1 aliphatic heterocycles. The van der Waals surface area contributed by atoms with E-state index in [0.29, 0.717) is 30.6 Å². The summed E-state index contributed by atoms with van der Waals surface area (Å²) in [5.74, 6) is 2.87. The molecule has 1 amide bonds. The maximum atomic E-state index is 12.1. The number of fused-ring (bicyclic) bond motifs is 1. The molecule has 8 heteroatoms. The Balaban J connectivity index is 1.60. The zero-order valence-corrected chi connectivity index (χ0v) is 15.4. The Morgan fingerprint density at radius 1 is 1.26 bits per heavy atom. The van der Waals surface area contributed by atoms with Crippen LogP contribution in [0.25, 0.3) is 11.5 Å². The second-order valence-corrected chi connectivity index (χ2v) is 6.40. The van der Waals surface area contributed by atoms with E-state index in [2.05, 4.69) is 15.5 Å². The van der Waals surface area contributed by atoms with Crippen molar-refractivity contribution in [1.29, 1.82) is 0 Å². The van der Waals surface area contributed by atoms with Crippen LogP contribution in [-0.2, 0) is 11.3 Å². The highest BCUT2D eigenvalue weighted by atomic mass is 16.5. The lowest BCUT2D eigenvalue weighted by Crippen LogP contribution is -2.48. The molecule has 0 fully saturated rings. The van der Waals surface area contributed by atoms with E-state index in [1.807, 2.05) is 49.1 Å². The summed E-state index contributed by atoms with van der Waals surface area (Å²) in [4.78, 5) is 14.1. The number of nitrogens with zero attached hydrogens (tertiary/aromatic N) is 3. The van der Waals surface area contributed by atoms with Gasteiger partial charge in [0.05, 0.1) is 24.3 Å². The third-order valence-corrected chi connectivity index (χ3v) is 4.46. The Labute approximate surface area is 156 Å². The molecule has 2 aromatic heterocycles. The highest BCUT2D eigenvalue weighted by molar-refractivity contribution is 5.83. The number of aromatic nitrogens is 2. The normalized spacial score (nSPS) is 16.0. The number of aryl methyl sites for hydroxylation is 2. The Morgan fingerprint density at radius 2 is 2.07 bits per heavy atom. The summed E-state index contributed by atoms with van der Waals surface area (Å²) in [5.41, 5.74) is 1.67. The summed E-state index contributed by atoms with van der Waals surface area (Å²) in [6.45, 7) is 4.49. The highest BCUT2D eigenvalue weighted by Crippen LogP contribution is 2.34. The Hall–Kier alpha value is -3.29. The second-order valence-electron chi connectivity index (χ2n) is 6.40. The van der Waals surface area contributed by atoms with Crippen LogP contribution in [0, 0.1) is 13.8 Å². The number of benzene rings is 1. The average Bonchev–Trinajstić information content (AvgIpc) is 3.26. The van der Waals surface area contributed by atoms with Gasteiger partial charge in [0.1, 0.15) is 17.3 Å². The van der Waals surface area contributed by atoms with E-state index in [9.17, 15) is 4.79 Å². The summed E-state index contributed by atoms with van der Waals surface area (Å²) in [7, 11) is 1.59. The second kappa shape index (κ2) is 6.79. The molecular formula is C19H20N4O4. The number of furan rings is 1. The van der Waals surface area contributed by atoms with Gasteiger partial charge in [-0.25, -0.2) is 0 Å². The quantitative estimate of drug-likeness (QED) is 0.756. The SMILES string of the molecule is CNC(=O)[C@@H]1CN(Cc2nnc(-c3cc(C)oc3C)o2)c2ccccc2O1. The van der Waals surface area contributed by atoms with Crippen LogP contribution in [0.4, 0.5) is 5.69 Å². The number of amides is 1. The van der Waals surface area contributed by atoms with Crippen LogP contribution in [0.5, 0.6) is 5.75 Å². The minimum atomic E-state index is -0.606. The van der Waals surface area contributed by atoms with Gasteiger partial charge >= 0.3 is 0 Å². The van der Waals surface area contributed by atoms with E-state index in [1.165, 1.54) is 0 Å². The van der Waals surface area contributed by atoms with Crippen molar-refractivity contribution in [3.05, 3.63) is 47.7 Å². The fourth-order valence-electron chi connectivity index (χ4n) is 3.19. The number of carbonyl (C=O) groups excluding carboxylic acids is 1. The minimum absolute atomic E-state index is 0.176. The fraction of sp³-hybridized carbons (Fsp3) is 0.316. The number of likely N-dealkylation sites (N-methyl/N-ethyl adjacent to an activating group) is 1. The number of para-hydroxylation sites is 2. The molecule has 0 aliphatic carbocycles. The van der Waals surface area contributed by atoms with E-state index in [1.54, 1.807) is 7.05 Å². The van der Waals surface area contributed by atoms with Crippen LogP contribution in [0.15, 0.2) is 39.2 Å². The fourth-order valence-corrected chi connectivity index (χ4v) is 3.19. The summed E-state index contributed by atoms with van der Waals surface area (Å²) < 4.78 is 17.2. The molecule has 3 heterocycles. The number of carbonyl (C=O) groups is 1. The number of hydrogen-bond acceptors (Lipinski definition) is 7. The lowest BCUT2D eigenvalue weighted by Gasteiger charge is -2.34. The van der Waals surface area contributed by atoms with Gasteiger partial charge in [-0.05, 0) is 32.0 Å². The van der Waals surface area contributed by atoms with Crippen LogP contribution in [0.2, 0.25) is 0 Å². The molecule has 0 unspecified atom stereocenters. The van der Waals surface area contributed by atoms with Gasteiger partial charge in [-0.15, -0.1) is 10.2 Å². The third kappa shape index (κ3) is 3.25. The molecule has 1 atom stereocenters. The summed E-state index contributed by atoms with van der Waals surface area (Å²) in [6, 6.07) is 9.45. The summed E-state index contributed by atoms with van der Waals surface area (Å²) in [5, 5.41) is 10.9. The van der Waals surface area contributed by atoms with Gasteiger partial charge in [-0.1, -0.05) is 12.1 Å². The van der Waals surface area contributed by atoms with Crippen molar-refractivity contribution in [2.24, 2.45) is 0 Å². The van der Waals surface area contributed by atoms with Crippen molar-refractivity contribution in [3.63, 3.8) is 0 Å². The topological polar surface area (TPSA) is 93.6 Å². The van der Waals surface area contributed by atoms with Gasteiger partial charge in [0.25, 0.3) is 11.8 Å². The smallest absolute Gasteiger partial charge is 0.262 e.